The topological polar surface area (TPSA) is 71.8 Å². The van der Waals surface area contributed by atoms with Crippen LogP contribution in [-0.2, 0) is 0 Å². The van der Waals surface area contributed by atoms with Crippen LogP contribution in [0.4, 0.5) is 15.9 Å². The Morgan fingerprint density at radius 1 is 1.21 bits per heavy atom. The number of halogens is 2. The molecule has 3 rings (SSSR count). The van der Waals surface area contributed by atoms with E-state index in [1.165, 1.54) is 12.1 Å². The number of rotatable bonds is 5. The van der Waals surface area contributed by atoms with Crippen molar-refractivity contribution in [2.75, 3.05) is 5.32 Å². The van der Waals surface area contributed by atoms with E-state index in [1.807, 2.05) is 38.3 Å². The molecule has 0 fully saturated rings. The Bertz CT molecular complexity index is 1040. The fourth-order valence-corrected chi connectivity index (χ4v) is 3.38. The van der Waals surface area contributed by atoms with E-state index in [2.05, 4.69) is 36.5 Å². The molecule has 0 aliphatic rings. The maximum atomic E-state index is 14.7. The van der Waals surface area contributed by atoms with Crippen LogP contribution < -0.4 is 10.6 Å². The number of fused-ring (bicyclic) bond motifs is 1. The number of benzene rings is 1. The summed E-state index contributed by atoms with van der Waals surface area (Å²) in [7, 11) is 0. The van der Waals surface area contributed by atoms with Gasteiger partial charge in [0.05, 0.1) is 17.5 Å². The summed E-state index contributed by atoms with van der Waals surface area (Å²) in [6, 6.07) is 4.83. The average Bonchev–Trinajstić information content (AvgIpc) is 3.00. The first kappa shape index (κ1) is 20.3. The van der Waals surface area contributed by atoms with Crippen LogP contribution >= 0.6 is 15.9 Å². The minimum Gasteiger partial charge on any atom is -0.350 e. The Kier molecular flexibility index (Phi) is 5.69. The van der Waals surface area contributed by atoms with Crippen molar-refractivity contribution >= 4 is 44.4 Å². The van der Waals surface area contributed by atoms with Gasteiger partial charge in [-0.2, -0.15) is 0 Å². The summed E-state index contributed by atoms with van der Waals surface area (Å²) in [6.07, 6.45) is 1.74. The molecule has 8 heteroatoms. The van der Waals surface area contributed by atoms with E-state index in [1.54, 1.807) is 13.3 Å². The van der Waals surface area contributed by atoms with Crippen LogP contribution in [0.5, 0.6) is 0 Å². The molecule has 0 unspecified atom stereocenters. The van der Waals surface area contributed by atoms with Crippen molar-refractivity contribution in [3.63, 3.8) is 0 Å². The second kappa shape index (κ2) is 7.87. The molecular formula is C20H23BrFN5O. The zero-order valence-electron chi connectivity index (χ0n) is 16.5. The SMILES string of the molecule is Cc1cc(F)c(Nc2nc(Br)cc3ncn(C(C)C)c23)cc1C(=O)NC(C)C. The van der Waals surface area contributed by atoms with E-state index in [0.29, 0.717) is 21.5 Å². The highest BCUT2D eigenvalue weighted by Crippen LogP contribution is 2.31. The number of nitrogens with zero attached hydrogens (tertiary/aromatic N) is 3. The molecule has 2 aromatic heterocycles. The number of nitrogens with one attached hydrogen (secondary N) is 2. The number of hydrogen-bond donors (Lipinski definition) is 2. The largest absolute Gasteiger partial charge is 0.350 e. The smallest absolute Gasteiger partial charge is 0.251 e. The van der Waals surface area contributed by atoms with Gasteiger partial charge in [0.25, 0.3) is 5.91 Å². The molecule has 0 aliphatic heterocycles. The predicted molar refractivity (Wildman–Crippen MR) is 113 cm³/mol. The van der Waals surface area contributed by atoms with Gasteiger partial charge in [0, 0.05) is 17.6 Å². The van der Waals surface area contributed by atoms with Crippen molar-refractivity contribution in [1.29, 1.82) is 0 Å². The maximum Gasteiger partial charge on any atom is 0.251 e. The van der Waals surface area contributed by atoms with E-state index < -0.39 is 5.82 Å². The number of carbonyl (C=O) groups is 1. The van der Waals surface area contributed by atoms with E-state index in [0.717, 1.165) is 11.0 Å². The van der Waals surface area contributed by atoms with Crippen LogP contribution in [0.2, 0.25) is 0 Å². The Balaban J connectivity index is 2.09. The summed E-state index contributed by atoms with van der Waals surface area (Å²) in [5, 5.41) is 5.90. The zero-order chi connectivity index (χ0) is 20.6. The van der Waals surface area contributed by atoms with Gasteiger partial charge in [-0.15, -0.1) is 0 Å². The Labute approximate surface area is 171 Å². The molecule has 3 aromatic rings. The molecule has 2 N–H and O–H groups in total. The molecule has 0 bridgehead atoms. The number of aromatic nitrogens is 3. The number of hydrogen-bond acceptors (Lipinski definition) is 4. The fourth-order valence-electron chi connectivity index (χ4n) is 2.99. The molecule has 0 spiro atoms. The number of amides is 1. The summed E-state index contributed by atoms with van der Waals surface area (Å²) in [4.78, 5) is 21.4. The lowest BCUT2D eigenvalue weighted by Gasteiger charge is -2.16. The van der Waals surface area contributed by atoms with Crippen molar-refractivity contribution in [2.45, 2.75) is 46.7 Å². The molecule has 1 aromatic carbocycles. The summed E-state index contributed by atoms with van der Waals surface area (Å²) in [6.45, 7) is 9.54. The van der Waals surface area contributed by atoms with Crippen molar-refractivity contribution in [1.82, 2.24) is 19.9 Å². The fraction of sp³-hybridized carbons (Fsp3) is 0.350. The van der Waals surface area contributed by atoms with E-state index in [9.17, 15) is 9.18 Å². The van der Waals surface area contributed by atoms with Gasteiger partial charge in [0.2, 0.25) is 0 Å². The number of anilines is 2. The molecular weight excluding hydrogens is 425 g/mol. The summed E-state index contributed by atoms with van der Waals surface area (Å²) >= 11 is 3.38. The highest BCUT2D eigenvalue weighted by molar-refractivity contribution is 9.10. The van der Waals surface area contributed by atoms with Crippen molar-refractivity contribution in [2.24, 2.45) is 0 Å². The number of pyridine rings is 1. The van der Waals surface area contributed by atoms with Gasteiger partial charge < -0.3 is 15.2 Å². The number of imidazole rings is 1. The van der Waals surface area contributed by atoms with E-state index in [-0.39, 0.29) is 23.7 Å². The van der Waals surface area contributed by atoms with Gasteiger partial charge in [-0.25, -0.2) is 14.4 Å². The van der Waals surface area contributed by atoms with Gasteiger partial charge in [0.15, 0.2) is 5.82 Å². The molecule has 0 saturated heterocycles. The molecule has 148 valence electrons. The third-order valence-electron chi connectivity index (χ3n) is 4.31. The normalized spacial score (nSPS) is 11.5. The lowest BCUT2D eigenvalue weighted by molar-refractivity contribution is 0.0942. The molecule has 0 radical (unpaired) electrons. The second-order valence-electron chi connectivity index (χ2n) is 7.31. The van der Waals surface area contributed by atoms with Crippen LogP contribution in [0.3, 0.4) is 0 Å². The molecule has 0 atom stereocenters. The average molecular weight is 448 g/mol. The van der Waals surface area contributed by atoms with Crippen molar-refractivity contribution in [3.05, 3.63) is 46.1 Å². The van der Waals surface area contributed by atoms with Crippen LogP contribution in [0.15, 0.2) is 29.1 Å². The first-order valence-corrected chi connectivity index (χ1v) is 9.87. The highest BCUT2D eigenvalue weighted by Gasteiger charge is 2.18. The Morgan fingerprint density at radius 2 is 1.93 bits per heavy atom. The molecule has 2 heterocycles. The van der Waals surface area contributed by atoms with Crippen LogP contribution in [0.1, 0.15) is 49.7 Å². The molecule has 0 aliphatic carbocycles. The zero-order valence-corrected chi connectivity index (χ0v) is 18.1. The third-order valence-corrected chi connectivity index (χ3v) is 4.71. The highest BCUT2D eigenvalue weighted by atomic mass is 79.9. The van der Waals surface area contributed by atoms with Gasteiger partial charge in [-0.3, -0.25) is 4.79 Å². The van der Waals surface area contributed by atoms with Crippen LogP contribution in [0, 0.1) is 12.7 Å². The molecule has 1 amide bonds. The summed E-state index contributed by atoms with van der Waals surface area (Å²) in [5.74, 6) is -0.229. The number of aryl methyl sites for hydroxylation is 1. The second-order valence-corrected chi connectivity index (χ2v) is 8.12. The third kappa shape index (κ3) is 4.01. The maximum absolute atomic E-state index is 14.7. The minimum atomic E-state index is -0.455. The van der Waals surface area contributed by atoms with Crippen LogP contribution in [0.25, 0.3) is 11.0 Å². The number of carbonyl (C=O) groups excluding carboxylic acids is 1. The van der Waals surface area contributed by atoms with Gasteiger partial charge in [0.1, 0.15) is 15.9 Å². The quantitative estimate of drug-likeness (QED) is 0.533. The van der Waals surface area contributed by atoms with Crippen molar-refractivity contribution in [3.8, 4) is 0 Å². The Morgan fingerprint density at radius 3 is 2.57 bits per heavy atom. The first-order valence-electron chi connectivity index (χ1n) is 9.08. The molecule has 6 nitrogen and oxygen atoms in total. The van der Waals surface area contributed by atoms with Crippen molar-refractivity contribution < 1.29 is 9.18 Å². The molecule has 28 heavy (non-hydrogen) atoms. The first-order chi connectivity index (χ1) is 13.2. The summed E-state index contributed by atoms with van der Waals surface area (Å²) < 4.78 is 17.2. The monoisotopic (exact) mass is 447 g/mol. The summed E-state index contributed by atoms with van der Waals surface area (Å²) in [5.41, 5.74) is 2.68. The van der Waals surface area contributed by atoms with Gasteiger partial charge >= 0.3 is 0 Å². The predicted octanol–water partition coefficient (Wildman–Crippen LogP) is 5.10. The lowest BCUT2D eigenvalue weighted by Crippen LogP contribution is -2.30. The van der Waals surface area contributed by atoms with E-state index >= 15 is 0 Å². The standard InChI is InChI=1S/C20H23BrFN5O/c1-10(2)24-20(28)13-7-15(14(22)6-12(13)5)25-19-18-16(8-17(21)26-19)23-9-27(18)11(3)4/h6-11H,1-5H3,(H,24,28)(H,25,26). The minimum absolute atomic E-state index is 0.0138. The molecule has 0 saturated carbocycles. The van der Waals surface area contributed by atoms with Gasteiger partial charge in [-0.1, -0.05) is 0 Å². The Hall–Kier alpha value is -2.48. The van der Waals surface area contributed by atoms with Crippen LogP contribution in [-0.4, -0.2) is 26.5 Å². The van der Waals surface area contributed by atoms with Gasteiger partial charge in [-0.05, 0) is 74.3 Å². The van der Waals surface area contributed by atoms with E-state index in [4.69, 9.17) is 0 Å². The lowest BCUT2D eigenvalue weighted by atomic mass is 10.1.